The third-order valence-corrected chi connectivity index (χ3v) is 4.03. The zero-order valence-corrected chi connectivity index (χ0v) is 14.1. The van der Waals surface area contributed by atoms with Crippen LogP contribution in [0.5, 0.6) is 5.75 Å². The van der Waals surface area contributed by atoms with Gasteiger partial charge in [0.15, 0.2) is 6.61 Å². The number of hydrogen-bond acceptors (Lipinski definition) is 4. The Morgan fingerprint density at radius 2 is 1.88 bits per heavy atom. The van der Waals surface area contributed by atoms with Crippen molar-refractivity contribution in [2.45, 2.75) is 6.54 Å². The molecule has 5 nitrogen and oxygen atoms in total. The highest BCUT2D eigenvalue weighted by Gasteiger charge is 2.19. The van der Waals surface area contributed by atoms with Gasteiger partial charge < -0.3 is 14.8 Å². The normalized spacial score (nSPS) is 12.4. The predicted molar refractivity (Wildman–Crippen MR) is 94.2 cm³/mol. The van der Waals surface area contributed by atoms with Gasteiger partial charge in [0.25, 0.3) is 5.91 Å². The van der Waals surface area contributed by atoms with Gasteiger partial charge in [0.05, 0.1) is 5.57 Å². The monoisotopic (exact) mass is 357 g/mol. The molecule has 1 aliphatic heterocycles. The number of ether oxygens (including phenoxy) is 2. The van der Waals surface area contributed by atoms with E-state index in [1.165, 1.54) is 0 Å². The first kappa shape index (κ1) is 17.0. The summed E-state index contributed by atoms with van der Waals surface area (Å²) in [6, 6.07) is 14.6. The number of hydrogen-bond donors (Lipinski definition) is 1. The molecule has 6 heteroatoms. The fraction of sp³-hybridized carbons (Fsp3) is 0.158. The maximum Gasteiger partial charge on any atom is 0.338 e. The summed E-state index contributed by atoms with van der Waals surface area (Å²) in [6.45, 7) is 0.0363. The van der Waals surface area contributed by atoms with Crippen LogP contribution >= 0.6 is 11.6 Å². The fourth-order valence-corrected chi connectivity index (χ4v) is 2.55. The topological polar surface area (TPSA) is 64.6 Å². The zero-order valence-electron chi connectivity index (χ0n) is 13.3. The summed E-state index contributed by atoms with van der Waals surface area (Å²) in [5.41, 5.74) is 1.98. The van der Waals surface area contributed by atoms with Crippen LogP contribution in [0.2, 0.25) is 5.02 Å². The second-order valence-corrected chi connectivity index (χ2v) is 5.85. The highest BCUT2D eigenvalue weighted by atomic mass is 35.5. The molecular formula is C19H16ClNO4. The lowest BCUT2D eigenvalue weighted by Crippen LogP contribution is -2.29. The van der Waals surface area contributed by atoms with Crippen molar-refractivity contribution < 1.29 is 19.1 Å². The SMILES string of the molecule is O=C(COC(=O)C1=Cc2ccccc2OC1)NCc1ccccc1Cl. The Kier molecular flexibility index (Phi) is 5.36. The Bertz CT molecular complexity index is 832. The van der Waals surface area contributed by atoms with Gasteiger partial charge in [-0.15, -0.1) is 0 Å². The summed E-state index contributed by atoms with van der Waals surface area (Å²) in [7, 11) is 0. The lowest BCUT2D eigenvalue weighted by atomic mass is 10.1. The number of nitrogens with one attached hydrogen (secondary N) is 1. The summed E-state index contributed by atoms with van der Waals surface area (Å²) in [4.78, 5) is 23.9. The highest BCUT2D eigenvalue weighted by molar-refractivity contribution is 6.31. The molecule has 0 unspecified atom stereocenters. The van der Waals surface area contributed by atoms with Crippen molar-refractivity contribution in [2.75, 3.05) is 13.2 Å². The van der Waals surface area contributed by atoms with Crippen molar-refractivity contribution >= 4 is 29.6 Å². The Hall–Kier alpha value is -2.79. The molecule has 0 aromatic heterocycles. The zero-order chi connectivity index (χ0) is 17.6. The average molecular weight is 358 g/mol. The van der Waals surface area contributed by atoms with Crippen LogP contribution in [0.1, 0.15) is 11.1 Å². The number of esters is 1. The van der Waals surface area contributed by atoms with Crippen LogP contribution < -0.4 is 10.1 Å². The van der Waals surface area contributed by atoms with E-state index >= 15 is 0 Å². The van der Waals surface area contributed by atoms with E-state index in [1.54, 1.807) is 12.1 Å². The maximum absolute atomic E-state index is 12.1. The molecule has 0 saturated carbocycles. The molecule has 25 heavy (non-hydrogen) atoms. The quantitative estimate of drug-likeness (QED) is 0.835. The lowest BCUT2D eigenvalue weighted by Gasteiger charge is -2.16. The van der Waals surface area contributed by atoms with Crippen LogP contribution in [0.15, 0.2) is 54.1 Å². The van der Waals surface area contributed by atoms with Crippen molar-refractivity contribution in [2.24, 2.45) is 0 Å². The molecule has 1 N–H and O–H groups in total. The Labute approximate surface area is 150 Å². The number of carbonyl (C=O) groups excluding carboxylic acids is 2. The molecule has 0 aliphatic carbocycles. The van der Waals surface area contributed by atoms with Crippen LogP contribution in [0.3, 0.4) is 0 Å². The molecule has 2 aromatic rings. The summed E-state index contributed by atoms with van der Waals surface area (Å²) in [6.07, 6.45) is 1.71. The number of halogens is 1. The summed E-state index contributed by atoms with van der Waals surface area (Å²) < 4.78 is 10.5. The summed E-state index contributed by atoms with van der Waals surface area (Å²) in [5, 5.41) is 3.23. The van der Waals surface area contributed by atoms with Gasteiger partial charge in [-0.25, -0.2) is 4.79 Å². The van der Waals surface area contributed by atoms with Crippen molar-refractivity contribution in [1.82, 2.24) is 5.32 Å². The van der Waals surface area contributed by atoms with E-state index in [9.17, 15) is 9.59 Å². The van der Waals surface area contributed by atoms with Crippen LogP contribution in [0, 0.1) is 0 Å². The molecule has 2 aromatic carbocycles. The van der Waals surface area contributed by atoms with Crippen LogP contribution in [-0.2, 0) is 20.9 Å². The standard InChI is InChI=1S/C19H16ClNO4/c20-16-7-3-1-6-14(16)10-21-18(22)12-25-19(23)15-9-13-5-2-4-8-17(13)24-11-15/h1-9H,10-12H2,(H,21,22). The van der Waals surface area contributed by atoms with E-state index in [2.05, 4.69) is 5.32 Å². The van der Waals surface area contributed by atoms with E-state index in [0.29, 0.717) is 10.6 Å². The number of para-hydroxylation sites is 1. The van der Waals surface area contributed by atoms with Gasteiger partial charge in [-0.2, -0.15) is 0 Å². The Morgan fingerprint density at radius 3 is 2.72 bits per heavy atom. The van der Waals surface area contributed by atoms with E-state index < -0.39 is 11.9 Å². The van der Waals surface area contributed by atoms with Crippen LogP contribution in [0.4, 0.5) is 0 Å². The average Bonchev–Trinajstić information content (AvgIpc) is 2.65. The van der Waals surface area contributed by atoms with Crippen molar-refractivity contribution in [3.05, 3.63) is 70.3 Å². The predicted octanol–water partition coefficient (Wildman–Crippen LogP) is 2.98. The first-order valence-electron chi connectivity index (χ1n) is 7.73. The number of amides is 1. The molecule has 0 radical (unpaired) electrons. The molecular weight excluding hydrogens is 342 g/mol. The van der Waals surface area contributed by atoms with Gasteiger partial charge in [-0.05, 0) is 23.8 Å². The molecule has 1 aliphatic rings. The third kappa shape index (κ3) is 4.39. The Balaban J connectivity index is 1.50. The molecule has 0 bridgehead atoms. The molecule has 0 fully saturated rings. The van der Waals surface area contributed by atoms with Crippen molar-refractivity contribution in [1.29, 1.82) is 0 Å². The molecule has 128 valence electrons. The molecule has 0 spiro atoms. The van der Waals surface area contributed by atoms with Crippen LogP contribution in [-0.4, -0.2) is 25.1 Å². The van der Waals surface area contributed by atoms with Gasteiger partial charge in [0, 0.05) is 17.1 Å². The number of benzene rings is 2. The van der Waals surface area contributed by atoms with E-state index in [0.717, 1.165) is 16.9 Å². The molecule has 1 amide bonds. The molecule has 0 atom stereocenters. The highest BCUT2D eigenvalue weighted by Crippen LogP contribution is 2.26. The van der Waals surface area contributed by atoms with E-state index in [1.807, 2.05) is 42.5 Å². The summed E-state index contributed by atoms with van der Waals surface area (Å²) in [5.74, 6) is -0.245. The number of rotatable bonds is 5. The third-order valence-electron chi connectivity index (χ3n) is 3.66. The second-order valence-electron chi connectivity index (χ2n) is 5.44. The minimum atomic E-state index is -0.567. The Morgan fingerprint density at radius 1 is 1.12 bits per heavy atom. The lowest BCUT2D eigenvalue weighted by molar-refractivity contribution is -0.145. The van der Waals surface area contributed by atoms with E-state index in [-0.39, 0.29) is 19.8 Å². The smallest absolute Gasteiger partial charge is 0.338 e. The number of carbonyl (C=O) groups is 2. The first-order valence-corrected chi connectivity index (χ1v) is 8.11. The van der Waals surface area contributed by atoms with Crippen molar-refractivity contribution in [3.8, 4) is 5.75 Å². The van der Waals surface area contributed by atoms with Crippen molar-refractivity contribution in [3.63, 3.8) is 0 Å². The first-order chi connectivity index (χ1) is 12.1. The largest absolute Gasteiger partial charge is 0.488 e. The maximum atomic E-state index is 12.1. The van der Waals surface area contributed by atoms with Gasteiger partial charge in [-0.3, -0.25) is 4.79 Å². The minimum absolute atomic E-state index is 0.122. The van der Waals surface area contributed by atoms with Crippen LogP contribution in [0.25, 0.3) is 6.08 Å². The molecule has 0 saturated heterocycles. The molecule has 1 heterocycles. The van der Waals surface area contributed by atoms with Gasteiger partial charge in [0.2, 0.25) is 0 Å². The summed E-state index contributed by atoms with van der Waals surface area (Å²) >= 11 is 6.02. The fourth-order valence-electron chi connectivity index (χ4n) is 2.34. The van der Waals surface area contributed by atoms with Gasteiger partial charge in [-0.1, -0.05) is 48.0 Å². The molecule has 3 rings (SSSR count). The van der Waals surface area contributed by atoms with E-state index in [4.69, 9.17) is 21.1 Å². The second kappa shape index (κ2) is 7.85. The minimum Gasteiger partial charge on any atom is -0.488 e. The van der Waals surface area contributed by atoms with Gasteiger partial charge >= 0.3 is 5.97 Å². The van der Waals surface area contributed by atoms with Gasteiger partial charge in [0.1, 0.15) is 12.4 Å². The number of fused-ring (bicyclic) bond motifs is 1.